The summed E-state index contributed by atoms with van der Waals surface area (Å²) in [5.74, 6) is -2.22. The molecular formula is C18H17F2O7S-. The minimum atomic E-state index is -4.36. The molecule has 28 heavy (non-hydrogen) atoms. The van der Waals surface area contributed by atoms with E-state index in [2.05, 4.69) is 4.74 Å². The van der Waals surface area contributed by atoms with Crippen molar-refractivity contribution in [2.75, 3.05) is 26.4 Å². The van der Waals surface area contributed by atoms with Crippen molar-refractivity contribution < 1.29 is 41.3 Å². The van der Waals surface area contributed by atoms with Crippen LogP contribution in [0.25, 0.3) is 0 Å². The van der Waals surface area contributed by atoms with Crippen molar-refractivity contribution in [2.45, 2.75) is 15.9 Å². The number of alkyl halides is 2. The molecule has 0 aliphatic rings. The molecule has 10 heteroatoms. The lowest BCUT2D eigenvalue weighted by atomic mass is 10.3. The van der Waals surface area contributed by atoms with Gasteiger partial charge in [-0.2, -0.15) is 8.78 Å². The Balaban J connectivity index is 1.74. The topological polar surface area (TPSA) is 102 Å². The summed E-state index contributed by atoms with van der Waals surface area (Å²) < 4.78 is 64.2. The van der Waals surface area contributed by atoms with Crippen LogP contribution >= 0.6 is 0 Å². The Morgan fingerprint density at radius 3 is 2.07 bits per heavy atom. The molecule has 2 aromatic carbocycles. The number of benzene rings is 2. The van der Waals surface area contributed by atoms with Crippen molar-refractivity contribution in [3.63, 3.8) is 0 Å². The Morgan fingerprint density at radius 1 is 0.893 bits per heavy atom. The van der Waals surface area contributed by atoms with Crippen LogP contribution in [0.5, 0.6) is 5.75 Å². The summed E-state index contributed by atoms with van der Waals surface area (Å²) >= 11 is 0. The fourth-order valence-electron chi connectivity index (χ4n) is 2.06. The maximum Gasteiger partial charge on any atom is 0.397 e. The van der Waals surface area contributed by atoms with Crippen LogP contribution in [0.3, 0.4) is 0 Å². The van der Waals surface area contributed by atoms with E-state index in [0.29, 0.717) is 5.75 Å². The molecule has 0 heterocycles. The number of carbonyl (C=O) groups is 1. The van der Waals surface area contributed by atoms with Crippen LogP contribution in [0.15, 0.2) is 64.4 Å². The Morgan fingerprint density at radius 2 is 1.46 bits per heavy atom. The fraction of sp³-hybridized carbons (Fsp3) is 0.278. The molecule has 0 spiro atoms. The predicted molar refractivity (Wildman–Crippen MR) is 90.6 cm³/mol. The summed E-state index contributed by atoms with van der Waals surface area (Å²) in [6, 6.07) is 13.8. The highest BCUT2D eigenvalue weighted by Crippen LogP contribution is 2.22. The number of sulfone groups is 1. The molecule has 0 radical (unpaired) electrons. The van der Waals surface area contributed by atoms with Gasteiger partial charge in [0, 0.05) is 0 Å². The molecule has 0 unspecified atom stereocenters. The maximum atomic E-state index is 12.6. The average Bonchev–Trinajstić information content (AvgIpc) is 2.68. The third-order valence-corrected chi connectivity index (χ3v) is 5.22. The SMILES string of the molecule is O=C([O-])C(F)(F)OCCOCCOc1ccc(S(=O)(=O)c2ccccc2)cc1. The van der Waals surface area contributed by atoms with Gasteiger partial charge in [0.2, 0.25) is 9.84 Å². The first-order valence-corrected chi connectivity index (χ1v) is 9.56. The van der Waals surface area contributed by atoms with E-state index in [1.165, 1.54) is 36.4 Å². The molecule has 2 aromatic rings. The van der Waals surface area contributed by atoms with E-state index in [9.17, 15) is 27.1 Å². The number of halogens is 2. The molecule has 0 atom stereocenters. The number of ether oxygens (including phenoxy) is 3. The third kappa shape index (κ3) is 5.98. The smallest absolute Gasteiger partial charge is 0.397 e. The van der Waals surface area contributed by atoms with E-state index in [0.717, 1.165) is 0 Å². The summed E-state index contributed by atoms with van der Waals surface area (Å²) in [6.07, 6.45) is -4.36. The van der Waals surface area contributed by atoms with Crippen molar-refractivity contribution in [1.82, 2.24) is 0 Å². The quantitative estimate of drug-likeness (QED) is 0.510. The van der Waals surface area contributed by atoms with Crippen molar-refractivity contribution in [3.8, 4) is 5.75 Å². The van der Waals surface area contributed by atoms with Gasteiger partial charge in [0.25, 0.3) is 0 Å². The van der Waals surface area contributed by atoms with Crippen LogP contribution in [0.2, 0.25) is 0 Å². The summed E-state index contributed by atoms with van der Waals surface area (Å²) in [6.45, 7) is -0.792. The zero-order valence-electron chi connectivity index (χ0n) is 14.5. The Kier molecular flexibility index (Phi) is 7.44. The van der Waals surface area contributed by atoms with Crippen LogP contribution in [0, 0.1) is 0 Å². The zero-order valence-corrected chi connectivity index (χ0v) is 15.4. The van der Waals surface area contributed by atoms with Crippen LogP contribution in [-0.4, -0.2) is 46.9 Å². The van der Waals surface area contributed by atoms with Crippen LogP contribution < -0.4 is 9.84 Å². The third-order valence-electron chi connectivity index (χ3n) is 3.43. The molecule has 0 saturated carbocycles. The number of carbonyl (C=O) groups excluding carboxylic acids is 1. The number of hydrogen-bond donors (Lipinski definition) is 0. The first-order chi connectivity index (χ1) is 13.2. The summed E-state index contributed by atoms with van der Waals surface area (Å²) in [5, 5.41) is 10.0. The van der Waals surface area contributed by atoms with E-state index in [4.69, 9.17) is 9.47 Å². The lowest BCUT2D eigenvalue weighted by Crippen LogP contribution is -2.44. The standard InChI is InChI=1S/C18H18F2O7S/c19-18(20,17(21)22)27-13-11-25-10-12-26-14-6-8-16(9-7-14)28(23,24)15-4-2-1-3-5-15/h1-9H,10-13H2,(H,21,22)/p-1. The van der Waals surface area contributed by atoms with E-state index in [1.807, 2.05) is 0 Å². The van der Waals surface area contributed by atoms with Crippen LogP contribution in [0.4, 0.5) is 8.78 Å². The Labute approximate surface area is 160 Å². The second kappa shape index (κ2) is 9.58. The van der Waals surface area contributed by atoms with Gasteiger partial charge >= 0.3 is 6.11 Å². The van der Waals surface area contributed by atoms with E-state index < -0.39 is 28.5 Å². The zero-order chi connectivity index (χ0) is 20.6. The lowest BCUT2D eigenvalue weighted by molar-refractivity contribution is -0.363. The first kappa shape index (κ1) is 21.7. The van der Waals surface area contributed by atoms with Crippen molar-refractivity contribution in [1.29, 1.82) is 0 Å². The average molecular weight is 415 g/mol. The highest BCUT2D eigenvalue weighted by atomic mass is 32.2. The molecule has 0 aromatic heterocycles. The lowest BCUT2D eigenvalue weighted by Gasteiger charge is -2.17. The summed E-state index contributed by atoms with van der Waals surface area (Å²) in [4.78, 5) is 10.3. The van der Waals surface area contributed by atoms with Gasteiger partial charge in [-0.15, -0.1) is 0 Å². The molecule has 7 nitrogen and oxygen atoms in total. The Hall–Kier alpha value is -2.56. The largest absolute Gasteiger partial charge is 0.542 e. The van der Waals surface area contributed by atoms with Gasteiger partial charge in [0.15, 0.2) is 0 Å². The molecule has 0 N–H and O–H groups in total. The number of carboxylic acid groups (broad SMARTS) is 1. The highest BCUT2D eigenvalue weighted by Gasteiger charge is 2.31. The molecule has 2 rings (SSSR count). The van der Waals surface area contributed by atoms with E-state index in [1.54, 1.807) is 18.2 Å². The molecule has 0 fully saturated rings. The Bertz CT molecular complexity index is 869. The fourth-order valence-corrected chi connectivity index (χ4v) is 3.34. The predicted octanol–water partition coefficient (Wildman–Crippen LogP) is 1.27. The van der Waals surface area contributed by atoms with Gasteiger partial charge in [0.1, 0.15) is 18.3 Å². The number of carboxylic acids is 1. The highest BCUT2D eigenvalue weighted by molar-refractivity contribution is 7.91. The maximum absolute atomic E-state index is 12.6. The molecular weight excluding hydrogens is 398 g/mol. The first-order valence-electron chi connectivity index (χ1n) is 8.07. The number of aliphatic carboxylic acids is 1. The van der Waals surface area contributed by atoms with Gasteiger partial charge in [-0.3, -0.25) is 0 Å². The van der Waals surface area contributed by atoms with Gasteiger partial charge in [-0.25, -0.2) is 8.42 Å². The second-order valence-electron chi connectivity index (χ2n) is 5.40. The monoisotopic (exact) mass is 415 g/mol. The van der Waals surface area contributed by atoms with Gasteiger partial charge in [0.05, 0.1) is 29.6 Å². The minimum Gasteiger partial charge on any atom is -0.542 e. The van der Waals surface area contributed by atoms with Gasteiger partial charge in [-0.05, 0) is 36.4 Å². The number of hydrogen-bond acceptors (Lipinski definition) is 7. The van der Waals surface area contributed by atoms with Crippen molar-refractivity contribution in [3.05, 3.63) is 54.6 Å². The van der Waals surface area contributed by atoms with Gasteiger partial charge < -0.3 is 24.1 Å². The van der Waals surface area contributed by atoms with Crippen molar-refractivity contribution in [2.24, 2.45) is 0 Å². The number of rotatable bonds is 11. The molecule has 0 bridgehead atoms. The summed E-state index contributed by atoms with van der Waals surface area (Å²) in [5.41, 5.74) is 0. The molecule has 0 amide bonds. The molecule has 0 saturated heterocycles. The van der Waals surface area contributed by atoms with E-state index in [-0.39, 0.29) is 29.6 Å². The molecule has 0 aliphatic carbocycles. The van der Waals surface area contributed by atoms with E-state index >= 15 is 0 Å². The van der Waals surface area contributed by atoms with Crippen molar-refractivity contribution >= 4 is 15.8 Å². The minimum absolute atomic E-state index is 0.0321. The molecule has 152 valence electrons. The van der Waals surface area contributed by atoms with Crippen LogP contribution in [-0.2, 0) is 24.1 Å². The second-order valence-corrected chi connectivity index (χ2v) is 7.35. The molecule has 0 aliphatic heterocycles. The van der Waals surface area contributed by atoms with Gasteiger partial charge in [-0.1, -0.05) is 18.2 Å². The van der Waals surface area contributed by atoms with Crippen LogP contribution in [0.1, 0.15) is 0 Å². The normalized spacial score (nSPS) is 11.9. The summed E-state index contributed by atoms with van der Waals surface area (Å²) in [7, 11) is -3.61.